The van der Waals surface area contributed by atoms with E-state index in [0.717, 1.165) is 18.2 Å². The van der Waals surface area contributed by atoms with Crippen LogP contribution >= 0.6 is 11.6 Å². The maximum atomic E-state index is 13.1. The minimum absolute atomic E-state index is 0.0381. The van der Waals surface area contributed by atoms with Gasteiger partial charge in [0.15, 0.2) is 0 Å². The lowest BCUT2D eigenvalue weighted by Gasteiger charge is -2.15. The summed E-state index contributed by atoms with van der Waals surface area (Å²) in [6.45, 7) is 0. The van der Waals surface area contributed by atoms with Crippen molar-refractivity contribution in [1.29, 1.82) is 0 Å². The van der Waals surface area contributed by atoms with Gasteiger partial charge in [0.1, 0.15) is 5.82 Å². The predicted molar refractivity (Wildman–Crippen MR) is 70.5 cm³/mol. The van der Waals surface area contributed by atoms with E-state index in [9.17, 15) is 17.6 Å². The highest BCUT2D eigenvalue weighted by atomic mass is 35.5. The van der Waals surface area contributed by atoms with E-state index in [2.05, 4.69) is 5.32 Å². The molecule has 0 bridgehead atoms. The van der Waals surface area contributed by atoms with Crippen molar-refractivity contribution < 1.29 is 17.6 Å². The van der Waals surface area contributed by atoms with Crippen molar-refractivity contribution in [3.05, 3.63) is 52.8 Å². The van der Waals surface area contributed by atoms with Gasteiger partial charge in [0.2, 0.25) is 0 Å². The summed E-state index contributed by atoms with van der Waals surface area (Å²) < 4.78 is 51.7. The number of nitrogens with one attached hydrogen (secondary N) is 1. The van der Waals surface area contributed by atoms with Crippen LogP contribution in [0.5, 0.6) is 0 Å². The number of nitrogens with two attached hydrogens (primary N) is 1. The number of nitrogen functional groups attached to an aromatic ring is 1. The summed E-state index contributed by atoms with van der Waals surface area (Å²) in [7, 11) is 0. The van der Waals surface area contributed by atoms with Crippen molar-refractivity contribution in [2.45, 2.75) is 6.18 Å². The molecule has 2 rings (SSSR count). The normalized spacial score (nSPS) is 11.4. The Balaban J connectivity index is 2.43. The van der Waals surface area contributed by atoms with E-state index in [1.807, 2.05) is 0 Å². The Labute approximate surface area is 117 Å². The number of hydrogen-bond donors (Lipinski definition) is 2. The molecule has 106 valence electrons. The highest BCUT2D eigenvalue weighted by Crippen LogP contribution is 2.37. The SMILES string of the molecule is Nc1cc(F)c(Cl)cc1Nc1ccccc1C(F)(F)F. The van der Waals surface area contributed by atoms with Crippen LogP contribution < -0.4 is 11.1 Å². The van der Waals surface area contributed by atoms with Crippen LogP contribution in [0.1, 0.15) is 5.56 Å². The molecule has 3 N–H and O–H groups in total. The Morgan fingerprint density at radius 2 is 1.70 bits per heavy atom. The topological polar surface area (TPSA) is 38.0 Å². The average Bonchev–Trinajstić information content (AvgIpc) is 2.35. The maximum absolute atomic E-state index is 13.1. The fourth-order valence-corrected chi connectivity index (χ4v) is 1.82. The van der Waals surface area contributed by atoms with Gasteiger partial charge in [0, 0.05) is 6.07 Å². The third-order valence-electron chi connectivity index (χ3n) is 2.59. The Morgan fingerprint density at radius 1 is 1.05 bits per heavy atom. The van der Waals surface area contributed by atoms with Gasteiger partial charge in [-0.1, -0.05) is 23.7 Å². The number of benzene rings is 2. The van der Waals surface area contributed by atoms with Gasteiger partial charge in [-0.3, -0.25) is 0 Å². The molecular formula is C13H9ClF4N2. The first-order valence-electron chi connectivity index (χ1n) is 5.47. The van der Waals surface area contributed by atoms with Crippen LogP contribution in [0.4, 0.5) is 34.6 Å². The minimum atomic E-state index is -4.51. The maximum Gasteiger partial charge on any atom is 0.418 e. The number of halogens is 5. The van der Waals surface area contributed by atoms with E-state index in [4.69, 9.17) is 17.3 Å². The average molecular weight is 305 g/mol. The van der Waals surface area contributed by atoms with Crippen LogP contribution in [-0.4, -0.2) is 0 Å². The molecule has 2 aromatic carbocycles. The molecule has 0 aliphatic carbocycles. The zero-order valence-electron chi connectivity index (χ0n) is 9.93. The van der Waals surface area contributed by atoms with E-state index in [0.29, 0.717) is 0 Å². The van der Waals surface area contributed by atoms with Gasteiger partial charge in [-0.05, 0) is 18.2 Å². The van der Waals surface area contributed by atoms with E-state index in [-0.39, 0.29) is 22.1 Å². The first-order valence-corrected chi connectivity index (χ1v) is 5.84. The highest BCUT2D eigenvalue weighted by Gasteiger charge is 2.33. The van der Waals surface area contributed by atoms with Gasteiger partial charge in [-0.15, -0.1) is 0 Å². The molecule has 20 heavy (non-hydrogen) atoms. The summed E-state index contributed by atoms with van der Waals surface area (Å²) in [5.41, 5.74) is 4.59. The van der Waals surface area contributed by atoms with Crippen LogP contribution in [0.3, 0.4) is 0 Å². The molecule has 7 heteroatoms. The molecule has 0 amide bonds. The second kappa shape index (κ2) is 5.20. The van der Waals surface area contributed by atoms with Crippen molar-refractivity contribution in [3.63, 3.8) is 0 Å². The zero-order chi connectivity index (χ0) is 14.9. The summed E-state index contributed by atoms with van der Waals surface area (Å²) in [6.07, 6.45) is -4.51. The summed E-state index contributed by atoms with van der Waals surface area (Å²) in [5, 5.41) is 2.29. The lowest BCUT2D eigenvalue weighted by atomic mass is 10.1. The molecule has 0 spiro atoms. The van der Waals surface area contributed by atoms with E-state index in [1.165, 1.54) is 18.2 Å². The largest absolute Gasteiger partial charge is 0.418 e. The quantitative estimate of drug-likeness (QED) is 0.616. The van der Waals surface area contributed by atoms with Crippen molar-refractivity contribution in [3.8, 4) is 0 Å². The minimum Gasteiger partial charge on any atom is -0.397 e. The van der Waals surface area contributed by atoms with Crippen molar-refractivity contribution in [2.75, 3.05) is 11.1 Å². The molecule has 0 radical (unpaired) electrons. The van der Waals surface area contributed by atoms with Gasteiger partial charge in [-0.25, -0.2) is 4.39 Å². The van der Waals surface area contributed by atoms with Crippen LogP contribution in [0.25, 0.3) is 0 Å². The van der Waals surface area contributed by atoms with Crippen LogP contribution in [0.2, 0.25) is 5.02 Å². The Hall–Kier alpha value is -1.95. The van der Waals surface area contributed by atoms with E-state index < -0.39 is 17.6 Å². The summed E-state index contributed by atoms with van der Waals surface area (Å²) in [6, 6.07) is 6.98. The standard InChI is InChI=1S/C13H9ClF4N2/c14-8-5-12(10(19)6-9(8)15)20-11-4-2-1-3-7(11)13(16,17)18/h1-6,20H,19H2. The molecule has 0 unspecified atom stereocenters. The fraction of sp³-hybridized carbons (Fsp3) is 0.0769. The Bertz CT molecular complexity index is 641. The molecule has 2 aromatic rings. The third kappa shape index (κ3) is 2.96. The fourth-order valence-electron chi connectivity index (χ4n) is 1.65. The smallest absolute Gasteiger partial charge is 0.397 e. The van der Waals surface area contributed by atoms with Crippen molar-refractivity contribution in [1.82, 2.24) is 0 Å². The Morgan fingerprint density at radius 3 is 2.35 bits per heavy atom. The number of para-hydroxylation sites is 1. The second-order valence-corrected chi connectivity index (χ2v) is 4.43. The third-order valence-corrected chi connectivity index (χ3v) is 2.88. The lowest BCUT2D eigenvalue weighted by molar-refractivity contribution is -0.136. The van der Waals surface area contributed by atoms with Gasteiger partial charge in [0.05, 0.1) is 27.6 Å². The lowest BCUT2D eigenvalue weighted by Crippen LogP contribution is -2.09. The zero-order valence-corrected chi connectivity index (χ0v) is 10.7. The van der Waals surface area contributed by atoms with Crippen molar-refractivity contribution >= 4 is 28.7 Å². The molecule has 0 aliphatic heterocycles. The first kappa shape index (κ1) is 14.5. The first-order chi connectivity index (χ1) is 9.29. The predicted octanol–water partition coefficient (Wildman–Crippen LogP) is 4.82. The molecule has 0 aliphatic rings. The molecule has 0 heterocycles. The molecule has 0 fully saturated rings. The molecule has 0 aromatic heterocycles. The summed E-state index contributed by atoms with van der Waals surface area (Å²) in [4.78, 5) is 0. The number of anilines is 3. The Kier molecular flexibility index (Phi) is 3.76. The van der Waals surface area contributed by atoms with Gasteiger partial charge in [-0.2, -0.15) is 13.2 Å². The molecule has 2 nitrogen and oxygen atoms in total. The molecule has 0 saturated carbocycles. The van der Waals surface area contributed by atoms with Crippen molar-refractivity contribution in [2.24, 2.45) is 0 Å². The van der Waals surface area contributed by atoms with Crippen LogP contribution in [0.15, 0.2) is 36.4 Å². The van der Waals surface area contributed by atoms with Gasteiger partial charge in [0.25, 0.3) is 0 Å². The van der Waals surface area contributed by atoms with Gasteiger partial charge < -0.3 is 11.1 Å². The number of rotatable bonds is 2. The van der Waals surface area contributed by atoms with E-state index in [1.54, 1.807) is 0 Å². The highest BCUT2D eigenvalue weighted by molar-refractivity contribution is 6.31. The van der Waals surface area contributed by atoms with E-state index >= 15 is 0 Å². The molecular weight excluding hydrogens is 296 g/mol. The summed E-state index contributed by atoms with van der Waals surface area (Å²) >= 11 is 5.59. The molecule has 0 saturated heterocycles. The number of alkyl halides is 3. The number of hydrogen-bond acceptors (Lipinski definition) is 2. The molecule has 0 atom stereocenters. The summed E-state index contributed by atoms with van der Waals surface area (Å²) in [5.74, 6) is -0.737. The second-order valence-electron chi connectivity index (χ2n) is 4.02. The van der Waals surface area contributed by atoms with Gasteiger partial charge >= 0.3 is 6.18 Å². The van der Waals surface area contributed by atoms with Crippen LogP contribution in [0, 0.1) is 5.82 Å². The van der Waals surface area contributed by atoms with Crippen LogP contribution in [-0.2, 0) is 6.18 Å². The monoisotopic (exact) mass is 304 g/mol.